The van der Waals surface area contributed by atoms with E-state index in [1.54, 1.807) is 9.80 Å². The topological polar surface area (TPSA) is 215 Å². The Morgan fingerprint density at radius 1 is 0.639 bits per heavy atom. The SMILES string of the molecule is NCCC1NC(=O)C(Cc2c[nH]c3ccccc23)NC(=O)C2(CCCC2)NC(=O)C(Cc2c[nH]c3ccccc23)NC(=O)C2CC3CCCCC3N2C(=O)C2CCCN2C1=O. The van der Waals surface area contributed by atoms with E-state index < -0.39 is 65.3 Å². The molecule has 2 saturated carbocycles. The molecule has 5 fully saturated rings. The maximum atomic E-state index is 15.0. The number of benzene rings is 2. The number of rotatable bonds is 6. The molecule has 7 atom stereocenters. The van der Waals surface area contributed by atoms with Crippen molar-refractivity contribution in [2.45, 2.75) is 132 Å². The van der Waals surface area contributed by atoms with Crippen LogP contribution in [0.15, 0.2) is 60.9 Å². The predicted molar refractivity (Wildman–Crippen MR) is 229 cm³/mol. The standard InChI is InChI=1S/C46H57N9O6/c47-20-17-34-43(59)54-21-9-16-38(54)44(60)55-37-15-6-1-10-27(37)24-39(55)42(58)51-36(23-29-26-49-33-14-5-3-12-31(29)33)41(57)53-46(18-7-8-19-46)45(61)52-35(40(56)50-34)22-28-25-48-32-13-4-2-11-30(28)32/h2-5,11-14,25-27,34-39,48-49H,1,6-10,15-24,47H2,(H,50,56)(H,51,58)(H,52,61)(H,53,57). The average molecular weight is 832 g/mol. The molecule has 15 heteroatoms. The van der Waals surface area contributed by atoms with Crippen molar-refractivity contribution >= 4 is 57.2 Å². The molecule has 8 N–H and O–H groups in total. The first-order valence-electron chi connectivity index (χ1n) is 22.3. The second-order valence-electron chi connectivity index (χ2n) is 17.9. The van der Waals surface area contributed by atoms with Crippen LogP contribution in [0.1, 0.15) is 88.2 Å². The van der Waals surface area contributed by atoms with Crippen molar-refractivity contribution in [2.24, 2.45) is 11.7 Å². The van der Waals surface area contributed by atoms with E-state index in [2.05, 4.69) is 31.2 Å². The van der Waals surface area contributed by atoms with Crippen LogP contribution in [0.2, 0.25) is 0 Å². The Morgan fingerprint density at radius 2 is 1.26 bits per heavy atom. The lowest BCUT2D eigenvalue weighted by molar-refractivity contribution is -0.150. The smallest absolute Gasteiger partial charge is 0.246 e. The van der Waals surface area contributed by atoms with E-state index in [-0.39, 0.29) is 43.7 Å². The molecule has 2 aliphatic carbocycles. The van der Waals surface area contributed by atoms with E-state index in [0.29, 0.717) is 51.5 Å². The maximum Gasteiger partial charge on any atom is 0.246 e. The Morgan fingerprint density at radius 3 is 1.93 bits per heavy atom. The monoisotopic (exact) mass is 831 g/mol. The van der Waals surface area contributed by atoms with Crippen molar-refractivity contribution in [3.05, 3.63) is 72.1 Å². The summed E-state index contributed by atoms with van der Waals surface area (Å²) in [6, 6.07) is 10.3. The van der Waals surface area contributed by atoms with Gasteiger partial charge in [-0.25, -0.2) is 0 Å². The Labute approximate surface area is 354 Å². The molecule has 0 radical (unpaired) electrons. The van der Waals surface area contributed by atoms with E-state index in [4.69, 9.17) is 5.73 Å². The predicted octanol–water partition coefficient (Wildman–Crippen LogP) is 2.83. The quantitative estimate of drug-likeness (QED) is 0.154. The summed E-state index contributed by atoms with van der Waals surface area (Å²) in [7, 11) is 0. The summed E-state index contributed by atoms with van der Waals surface area (Å²) in [6.45, 7) is 0.408. The van der Waals surface area contributed by atoms with E-state index in [1.807, 2.05) is 60.9 Å². The molecule has 0 bridgehead atoms. The lowest BCUT2D eigenvalue weighted by Gasteiger charge is -2.38. The molecule has 5 aliphatic rings. The van der Waals surface area contributed by atoms with Crippen LogP contribution in [0.3, 0.4) is 0 Å². The number of nitrogens with zero attached hydrogens (tertiary/aromatic N) is 2. The number of nitrogens with one attached hydrogen (secondary N) is 6. The van der Waals surface area contributed by atoms with Crippen molar-refractivity contribution in [3.63, 3.8) is 0 Å². The van der Waals surface area contributed by atoms with Gasteiger partial charge >= 0.3 is 0 Å². The third kappa shape index (κ3) is 7.77. The molecule has 322 valence electrons. The van der Waals surface area contributed by atoms with Crippen molar-refractivity contribution in [3.8, 4) is 0 Å². The lowest BCUT2D eigenvalue weighted by Crippen LogP contribution is -2.65. The summed E-state index contributed by atoms with van der Waals surface area (Å²) in [4.78, 5) is 98.4. The number of amides is 6. The third-order valence-electron chi connectivity index (χ3n) is 14.2. The number of hydrogen-bond donors (Lipinski definition) is 7. The van der Waals surface area contributed by atoms with Crippen molar-refractivity contribution in [2.75, 3.05) is 13.1 Å². The number of H-pyrrole nitrogens is 2. The lowest BCUT2D eigenvalue weighted by atomic mass is 9.84. The summed E-state index contributed by atoms with van der Waals surface area (Å²) in [5.41, 5.74) is 8.06. The van der Waals surface area contributed by atoms with Gasteiger partial charge in [0.05, 0.1) is 0 Å². The number of fused-ring (bicyclic) bond motifs is 6. The minimum atomic E-state index is -1.37. The first kappa shape index (κ1) is 40.7. The molecule has 1 spiro atoms. The summed E-state index contributed by atoms with van der Waals surface area (Å²) in [5.74, 6) is -2.58. The molecule has 5 heterocycles. The van der Waals surface area contributed by atoms with Crippen LogP contribution >= 0.6 is 0 Å². The average Bonchev–Trinajstić information content (AvgIpc) is 4.13. The van der Waals surface area contributed by atoms with Gasteiger partial charge < -0.3 is 46.8 Å². The Hall–Kier alpha value is -5.70. The number of carbonyl (C=O) groups excluding carboxylic acids is 6. The second-order valence-corrected chi connectivity index (χ2v) is 17.9. The third-order valence-corrected chi connectivity index (χ3v) is 14.2. The number of aromatic amines is 2. The highest BCUT2D eigenvalue weighted by Crippen LogP contribution is 2.41. The van der Waals surface area contributed by atoms with Crippen LogP contribution in [-0.2, 0) is 41.6 Å². The Balaban J connectivity index is 1.12. The van der Waals surface area contributed by atoms with Gasteiger partial charge in [-0.05, 0) is 87.1 Å². The molecular formula is C46H57N9O6. The number of carbonyl (C=O) groups is 6. The zero-order chi connectivity index (χ0) is 42.3. The molecule has 9 rings (SSSR count). The van der Waals surface area contributed by atoms with Gasteiger partial charge in [0.25, 0.3) is 0 Å². The largest absolute Gasteiger partial charge is 0.361 e. The van der Waals surface area contributed by atoms with E-state index in [0.717, 1.165) is 58.6 Å². The zero-order valence-electron chi connectivity index (χ0n) is 34.5. The van der Waals surface area contributed by atoms with Gasteiger partial charge in [-0.1, -0.05) is 62.1 Å². The van der Waals surface area contributed by atoms with Crippen molar-refractivity contribution in [1.29, 1.82) is 0 Å². The number of aromatic nitrogens is 2. The molecule has 2 aromatic heterocycles. The first-order chi connectivity index (χ1) is 29.6. The molecule has 61 heavy (non-hydrogen) atoms. The number of nitrogens with two attached hydrogens (primary N) is 1. The summed E-state index contributed by atoms with van der Waals surface area (Å²) in [6.07, 6.45) is 11.0. The molecular weight excluding hydrogens is 775 g/mol. The van der Waals surface area contributed by atoms with E-state index in [1.165, 1.54) is 0 Å². The summed E-state index contributed by atoms with van der Waals surface area (Å²) in [5, 5.41) is 14.0. The molecule has 3 aliphatic heterocycles. The summed E-state index contributed by atoms with van der Waals surface area (Å²) < 4.78 is 0. The van der Waals surface area contributed by atoms with Gasteiger partial charge in [-0.2, -0.15) is 0 Å². The van der Waals surface area contributed by atoms with E-state index in [9.17, 15) is 28.8 Å². The van der Waals surface area contributed by atoms with Gasteiger partial charge in [0.2, 0.25) is 35.4 Å². The molecule has 7 unspecified atom stereocenters. The highest BCUT2D eigenvalue weighted by atomic mass is 16.2. The highest BCUT2D eigenvalue weighted by molar-refractivity contribution is 6.00. The van der Waals surface area contributed by atoms with Gasteiger partial charge in [-0.3, -0.25) is 28.8 Å². The van der Waals surface area contributed by atoms with Gasteiger partial charge in [-0.15, -0.1) is 0 Å². The molecule has 2 aromatic carbocycles. The van der Waals surface area contributed by atoms with Gasteiger partial charge in [0, 0.05) is 59.6 Å². The van der Waals surface area contributed by atoms with Crippen LogP contribution < -0.4 is 27.0 Å². The van der Waals surface area contributed by atoms with Crippen LogP contribution in [0.4, 0.5) is 0 Å². The fraction of sp³-hybridized carbons (Fsp3) is 0.522. The van der Waals surface area contributed by atoms with Gasteiger partial charge in [0.15, 0.2) is 0 Å². The Kier molecular flexibility index (Phi) is 11.3. The normalized spacial score (nSPS) is 28.8. The van der Waals surface area contributed by atoms with Crippen LogP contribution in [0, 0.1) is 5.92 Å². The molecule has 3 saturated heterocycles. The molecule has 4 aromatic rings. The van der Waals surface area contributed by atoms with E-state index >= 15 is 0 Å². The fourth-order valence-electron chi connectivity index (χ4n) is 11.1. The maximum absolute atomic E-state index is 15.0. The summed E-state index contributed by atoms with van der Waals surface area (Å²) >= 11 is 0. The number of para-hydroxylation sites is 2. The minimum Gasteiger partial charge on any atom is -0.361 e. The highest BCUT2D eigenvalue weighted by Gasteiger charge is 2.52. The minimum absolute atomic E-state index is 0.0929. The fourth-order valence-corrected chi connectivity index (χ4v) is 11.1. The number of hydrogen-bond acceptors (Lipinski definition) is 7. The van der Waals surface area contributed by atoms with Crippen LogP contribution in [-0.4, -0.2) is 110 Å². The molecule has 15 nitrogen and oxygen atoms in total. The molecule has 6 amide bonds. The van der Waals surface area contributed by atoms with Crippen molar-refractivity contribution < 1.29 is 28.8 Å². The van der Waals surface area contributed by atoms with Crippen LogP contribution in [0.5, 0.6) is 0 Å². The van der Waals surface area contributed by atoms with Gasteiger partial charge in [0.1, 0.15) is 35.7 Å². The Bertz CT molecular complexity index is 2330. The second kappa shape index (κ2) is 17.0. The zero-order valence-corrected chi connectivity index (χ0v) is 34.5. The first-order valence-corrected chi connectivity index (χ1v) is 22.3. The van der Waals surface area contributed by atoms with Crippen molar-refractivity contribution in [1.82, 2.24) is 41.0 Å². The van der Waals surface area contributed by atoms with Crippen LogP contribution in [0.25, 0.3) is 21.8 Å².